The molecule has 4 N–H and O–H groups in total. The molecule has 2 amide bonds. The number of nitrogens with one attached hydrogen (secondary N) is 2. The molecule has 0 saturated carbocycles. The van der Waals surface area contributed by atoms with E-state index in [1.807, 2.05) is 45.0 Å². The van der Waals surface area contributed by atoms with Crippen molar-refractivity contribution in [1.29, 1.82) is 0 Å². The second kappa shape index (κ2) is 20.3. The van der Waals surface area contributed by atoms with E-state index in [-0.39, 0.29) is 26.1 Å². The van der Waals surface area contributed by atoms with Gasteiger partial charge in [-0.25, -0.2) is 14.4 Å². The minimum atomic E-state index is -0.936. The second-order valence-electron chi connectivity index (χ2n) is 10.4. The number of carbonyl (C=O) groups is 4. The van der Waals surface area contributed by atoms with Crippen LogP contribution >= 0.6 is 0 Å². The van der Waals surface area contributed by atoms with Gasteiger partial charge in [-0.1, -0.05) is 12.1 Å². The molecule has 13 heteroatoms. The lowest BCUT2D eigenvalue weighted by atomic mass is 10.1. The van der Waals surface area contributed by atoms with Crippen LogP contribution < -0.4 is 21.1 Å². The Morgan fingerprint density at radius 3 is 2.14 bits per heavy atom. The Kier molecular flexibility index (Phi) is 17.6. The van der Waals surface area contributed by atoms with E-state index in [0.29, 0.717) is 31.9 Å². The van der Waals surface area contributed by atoms with Crippen LogP contribution in [0.2, 0.25) is 0 Å². The van der Waals surface area contributed by atoms with Gasteiger partial charge in [-0.15, -0.1) is 0 Å². The summed E-state index contributed by atoms with van der Waals surface area (Å²) in [6.07, 6.45) is 2.36. The summed E-state index contributed by atoms with van der Waals surface area (Å²) in [6.45, 7) is 6.80. The molecule has 1 aromatic carbocycles. The Bertz CT molecular complexity index is 950. The number of ether oxygens (including phenoxy) is 6. The molecule has 42 heavy (non-hydrogen) atoms. The number of benzene rings is 1. The van der Waals surface area contributed by atoms with E-state index in [2.05, 4.69) is 15.4 Å². The normalized spacial score (nSPS) is 12.4. The molecule has 0 saturated heterocycles. The summed E-state index contributed by atoms with van der Waals surface area (Å²) in [7, 11) is 2.46. The van der Waals surface area contributed by atoms with Gasteiger partial charge >= 0.3 is 24.1 Å². The molecule has 13 nitrogen and oxygen atoms in total. The lowest BCUT2D eigenvalue weighted by molar-refractivity contribution is -0.143. The van der Waals surface area contributed by atoms with Gasteiger partial charge in [0.15, 0.2) is 0 Å². The Morgan fingerprint density at radius 1 is 0.833 bits per heavy atom. The Hall–Kier alpha value is -3.58. The van der Waals surface area contributed by atoms with Crippen LogP contribution in [0.3, 0.4) is 0 Å². The number of carbonyl (C=O) groups excluding carboxylic acids is 4. The standard InChI is InChI=1S/C29H47N3O10/c1-29(2,3)42-27(35)31-16-7-6-9-21-12-14-22(15-13-21)40-19-17-39-18-20-41-28(36)32-24(26(34)38-5)11-8-10-23(30)25(33)37-4/h12-15,23-24H,6-11,16-20,30H2,1-5H3,(H,31,35)(H,32,36). The minimum absolute atomic E-state index is 0.0189. The maximum Gasteiger partial charge on any atom is 0.407 e. The number of hydrogen-bond donors (Lipinski definition) is 3. The fourth-order valence-corrected chi connectivity index (χ4v) is 3.61. The predicted octanol–water partition coefficient (Wildman–Crippen LogP) is 2.87. The lowest BCUT2D eigenvalue weighted by Crippen LogP contribution is -2.42. The van der Waals surface area contributed by atoms with Gasteiger partial charge in [0.25, 0.3) is 0 Å². The van der Waals surface area contributed by atoms with Gasteiger partial charge in [-0.2, -0.15) is 0 Å². The Balaban J connectivity index is 2.16. The number of methoxy groups -OCH3 is 2. The highest BCUT2D eigenvalue weighted by Gasteiger charge is 2.23. The van der Waals surface area contributed by atoms with Crippen LogP contribution in [-0.2, 0) is 39.7 Å². The number of unbranched alkanes of at least 4 members (excludes halogenated alkanes) is 1. The molecule has 1 rings (SSSR count). The van der Waals surface area contributed by atoms with Crippen molar-refractivity contribution in [3.05, 3.63) is 29.8 Å². The maximum absolute atomic E-state index is 12.1. The summed E-state index contributed by atoms with van der Waals surface area (Å²) in [4.78, 5) is 47.0. The summed E-state index contributed by atoms with van der Waals surface area (Å²) in [5.74, 6) is -0.464. The van der Waals surface area contributed by atoms with Crippen molar-refractivity contribution in [2.24, 2.45) is 5.73 Å². The summed E-state index contributed by atoms with van der Waals surface area (Å²) in [5, 5.41) is 5.20. The highest BCUT2D eigenvalue weighted by Crippen LogP contribution is 2.14. The van der Waals surface area contributed by atoms with Crippen LogP contribution in [-0.4, -0.2) is 89.0 Å². The van der Waals surface area contributed by atoms with Gasteiger partial charge in [-0.3, -0.25) is 4.79 Å². The zero-order chi connectivity index (χ0) is 31.4. The average Bonchev–Trinajstić information content (AvgIpc) is 2.94. The van der Waals surface area contributed by atoms with Gasteiger partial charge in [0, 0.05) is 6.54 Å². The van der Waals surface area contributed by atoms with Gasteiger partial charge in [0.05, 0.1) is 27.4 Å². The monoisotopic (exact) mass is 597 g/mol. The quantitative estimate of drug-likeness (QED) is 0.122. The van der Waals surface area contributed by atoms with Crippen molar-refractivity contribution >= 4 is 24.1 Å². The molecule has 0 aromatic heterocycles. The Morgan fingerprint density at radius 2 is 1.50 bits per heavy atom. The van der Waals surface area contributed by atoms with Crippen LogP contribution in [0.15, 0.2) is 24.3 Å². The van der Waals surface area contributed by atoms with E-state index in [0.717, 1.165) is 19.3 Å². The van der Waals surface area contributed by atoms with Gasteiger partial charge in [0.2, 0.25) is 0 Å². The maximum atomic E-state index is 12.1. The number of nitrogens with two attached hydrogens (primary N) is 1. The van der Waals surface area contributed by atoms with Crippen molar-refractivity contribution in [3.63, 3.8) is 0 Å². The van der Waals surface area contributed by atoms with Crippen LogP contribution in [0, 0.1) is 0 Å². The van der Waals surface area contributed by atoms with Crippen molar-refractivity contribution in [2.75, 3.05) is 47.2 Å². The van der Waals surface area contributed by atoms with Crippen molar-refractivity contribution < 1.29 is 47.6 Å². The van der Waals surface area contributed by atoms with Crippen molar-refractivity contribution in [1.82, 2.24) is 10.6 Å². The molecule has 2 atom stereocenters. The largest absolute Gasteiger partial charge is 0.491 e. The first-order chi connectivity index (χ1) is 19.9. The highest BCUT2D eigenvalue weighted by atomic mass is 16.6. The third-order valence-corrected chi connectivity index (χ3v) is 5.73. The number of aryl methyl sites for hydroxylation is 1. The van der Waals surface area contributed by atoms with Crippen molar-refractivity contribution in [3.8, 4) is 5.75 Å². The molecule has 0 aliphatic heterocycles. The molecule has 0 spiro atoms. The van der Waals surface area contributed by atoms with Crippen LogP contribution in [0.5, 0.6) is 5.75 Å². The van der Waals surface area contributed by atoms with Crippen LogP contribution in [0.4, 0.5) is 9.59 Å². The second-order valence-corrected chi connectivity index (χ2v) is 10.4. The van der Waals surface area contributed by atoms with Gasteiger partial charge in [0.1, 0.15) is 36.6 Å². The minimum Gasteiger partial charge on any atom is -0.491 e. The van der Waals surface area contributed by atoms with E-state index in [9.17, 15) is 19.2 Å². The average molecular weight is 598 g/mol. The summed E-state index contributed by atoms with van der Waals surface area (Å²) in [6, 6.07) is 6.04. The third-order valence-electron chi connectivity index (χ3n) is 5.73. The molecule has 0 heterocycles. The highest BCUT2D eigenvalue weighted by molar-refractivity contribution is 5.81. The fraction of sp³-hybridized carbons (Fsp3) is 0.655. The summed E-state index contributed by atoms with van der Waals surface area (Å²) >= 11 is 0. The SMILES string of the molecule is COC(=O)C(N)CCCC(NC(=O)OCCOCCOc1ccc(CCCCNC(=O)OC(C)(C)C)cc1)C(=O)OC. The zero-order valence-corrected chi connectivity index (χ0v) is 25.4. The fourth-order valence-electron chi connectivity index (χ4n) is 3.61. The predicted molar refractivity (Wildman–Crippen MR) is 154 cm³/mol. The molecule has 0 fully saturated rings. The van der Waals surface area contributed by atoms with Gasteiger partial charge in [-0.05, 0) is 77.0 Å². The lowest BCUT2D eigenvalue weighted by Gasteiger charge is -2.19. The number of hydrogen-bond acceptors (Lipinski definition) is 11. The molecule has 2 unspecified atom stereocenters. The molecule has 0 radical (unpaired) electrons. The number of amides is 2. The first-order valence-corrected chi connectivity index (χ1v) is 14.1. The van der Waals surface area contributed by atoms with Crippen LogP contribution in [0.1, 0.15) is 58.4 Å². The zero-order valence-electron chi connectivity index (χ0n) is 25.4. The van der Waals surface area contributed by atoms with E-state index in [1.165, 1.54) is 19.8 Å². The smallest absolute Gasteiger partial charge is 0.407 e. The summed E-state index contributed by atoms with van der Waals surface area (Å²) in [5.41, 5.74) is 6.35. The molecule has 238 valence electrons. The number of alkyl carbamates (subject to hydrolysis) is 2. The van der Waals surface area contributed by atoms with Crippen LogP contribution in [0.25, 0.3) is 0 Å². The molecular formula is C29H47N3O10. The number of esters is 2. The molecule has 0 aliphatic carbocycles. The van der Waals surface area contributed by atoms with Crippen molar-refractivity contribution in [2.45, 2.75) is 77.0 Å². The molecular weight excluding hydrogens is 550 g/mol. The molecule has 0 aliphatic rings. The summed E-state index contributed by atoms with van der Waals surface area (Å²) < 4.78 is 30.6. The van der Waals surface area contributed by atoms with E-state index in [1.54, 1.807) is 0 Å². The molecule has 0 bridgehead atoms. The first-order valence-electron chi connectivity index (χ1n) is 14.1. The first kappa shape index (κ1) is 36.4. The third kappa shape index (κ3) is 17.3. The van der Waals surface area contributed by atoms with E-state index < -0.39 is 41.8 Å². The van der Waals surface area contributed by atoms with E-state index >= 15 is 0 Å². The Labute approximate surface area is 248 Å². The van der Waals surface area contributed by atoms with E-state index in [4.69, 9.17) is 29.4 Å². The topological polar surface area (TPSA) is 174 Å². The molecule has 1 aromatic rings. The number of rotatable bonds is 19. The van der Waals surface area contributed by atoms with Gasteiger partial charge < -0.3 is 44.8 Å².